The molecule has 0 radical (unpaired) electrons. The average molecular weight is 497 g/mol. The Morgan fingerprint density at radius 1 is 1.19 bits per heavy atom. The van der Waals surface area contributed by atoms with E-state index in [2.05, 4.69) is 5.32 Å². The zero-order valence-corrected chi connectivity index (χ0v) is 19.1. The third-order valence-corrected chi connectivity index (χ3v) is 5.77. The lowest BCUT2D eigenvalue weighted by Gasteiger charge is -2.20. The lowest BCUT2D eigenvalue weighted by atomic mass is 10.1. The Bertz CT molecular complexity index is 944. The van der Waals surface area contributed by atoms with Crippen LogP contribution in [-0.4, -0.2) is 30.5 Å². The molecule has 0 aliphatic heterocycles. The quantitative estimate of drug-likeness (QED) is 0.206. The normalized spacial score (nSPS) is 14.5. The van der Waals surface area contributed by atoms with Gasteiger partial charge in [0.2, 0.25) is 0 Å². The highest BCUT2D eigenvalue weighted by Gasteiger charge is 2.35. The fraction of sp³-hybridized carbons (Fsp3) is 0.400. The summed E-state index contributed by atoms with van der Waals surface area (Å²) in [4.78, 5) is 9.91. The fourth-order valence-electron chi connectivity index (χ4n) is 2.51. The van der Waals surface area contributed by atoms with Gasteiger partial charge in [-0.3, -0.25) is 4.57 Å². The van der Waals surface area contributed by atoms with Gasteiger partial charge in [0.25, 0.3) is 0 Å². The minimum absolute atomic E-state index is 0.00801. The molecule has 2 unspecified atom stereocenters. The van der Waals surface area contributed by atoms with Gasteiger partial charge in [0.15, 0.2) is 0 Å². The number of nitrogen functional groups attached to an aromatic ring is 1. The molecular formula is C20H25ClF3N2O5P. The number of rotatable bonds is 11. The van der Waals surface area contributed by atoms with Crippen molar-refractivity contribution in [2.75, 3.05) is 30.6 Å². The highest BCUT2D eigenvalue weighted by atomic mass is 35.5. The molecule has 0 fully saturated rings. The molecule has 0 heterocycles. The predicted molar refractivity (Wildman–Crippen MR) is 117 cm³/mol. The van der Waals surface area contributed by atoms with E-state index in [1.807, 2.05) is 0 Å². The van der Waals surface area contributed by atoms with E-state index in [0.29, 0.717) is 23.3 Å². The molecule has 2 aromatic carbocycles. The van der Waals surface area contributed by atoms with E-state index in [1.54, 1.807) is 38.1 Å². The number of nitrogens with two attached hydrogens (primary N) is 1. The Morgan fingerprint density at radius 3 is 2.41 bits per heavy atom. The van der Waals surface area contributed by atoms with Crippen LogP contribution in [-0.2, 0) is 15.3 Å². The molecule has 0 aliphatic rings. The Balaban J connectivity index is 2.10. The van der Waals surface area contributed by atoms with Crippen LogP contribution < -0.4 is 20.5 Å². The lowest BCUT2D eigenvalue weighted by molar-refractivity contribution is -0.138. The molecule has 2 aromatic rings. The van der Waals surface area contributed by atoms with Crippen LogP contribution in [0.1, 0.15) is 25.8 Å². The summed E-state index contributed by atoms with van der Waals surface area (Å²) in [5.74, 6) is -0.0155. The van der Waals surface area contributed by atoms with Crippen LogP contribution in [0.2, 0.25) is 5.02 Å². The average Bonchev–Trinajstić information content (AvgIpc) is 2.71. The molecule has 32 heavy (non-hydrogen) atoms. The molecule has 2 atom stereocenters. The SMILES string of the molecule is CCC(C)OP(=O)(O)CNc1cc(OCCOc2ccc(Cl)cc2)c(C(F)(F)F)cc1N. The molecule has 0 bridgehead atoms. The first-order chi connectivity index (χ1) is 14.9. The Morgan fingerprint density at radius 2 is 1.81 bits per heavy atom. The number of alkyl halides is 3. The summed E-state index contributed by atoms with van der Waals surface area (Å²) < 4.78 is 68.2. The molecule has 0 aromatic heterocycles. The number of benzene rings is 2. The highest BCUT2D eigenvalue weighted by molar-refractivity contribution is 7.52. The van der Waals surface area contributed by atoms with E-state index in [-0.39, 0.29) is 24.6 Å². The molecule has 178 valence electrons. The van der Waals surface area contributed by atoms with Crippen LogP contribution in [0, 0.1) is 0 Å². The Labute approximate surface area is 189 Å². The summed E-state index contributed by atoms with van der Waals surface area (Å²) in [5, 5.41) is 3.09. The molecule has 0 spiro atoms. The molecule has 2 rings (SSSR count). The standard InChI is InChI=1S/C20H25ClF3N2O5P/c1-3-13(2)31-32(27,28)12-26-18-11-19(16(10-17(18)25)20(22,23)24)30-9-8-29-15-6-4-14(21)5-7-15/h4-7,10-11,13,26H,3,8-9,12,25H2,1-2H3,(H,27,28). The second-order valence-electron chi connectivity index (χ2n) is 6.88. The Hall–Kier alpha value is -2.13. The summed E-state index contributed by atoms with van der Waals surface area (Å²) in [7, 11) is -4.03. The van der Waals surface area contributed by atoms with Gasteiger partial charge in [-0.05, 0) is 43.7 Å². The first kappa shape index (κ1) is 26.1. The summed E-state index contributed by atoms with van der Waals surface area (Å²) in [6.07, 6.45) is -5.20. The zero-order chi connectivity index (χ0) is 23.9. The van der Waals surface area contributed by atoms with Crippen LogP contribution in [0.4, 0.5) is 24.5 Å². The van der Waals surface area contributed by atoms with Gasteiger partial charge < -0.3 is 29.9 Å². The van der Waals surface area contributed by atoms with Gasteiger partial charge in [-0.15, -0.1) is 0 Å². The van der Waals surface area contributed by atoms with Crippen molar-refractivity contribution in [2.24, 2.45) is 0 Å². The maximum atomic E-state index is 13.4. The minimum atomic E-state index is -4.72. The van der Waals surface area contributed by atoms with Gasteiger partial charge >= 0.3 is 13.8 Å². The van der Waals surface area contributed by atoms with E-state index in [4.69, 9.17) is 31.3 Å². The monoisotopic (exact) mass is 496 g/mol. The third-order valence-electron chi connectivity index (χ3n) is 4.27. The summed E-state index contributed by atoms with van der Waals surface area (Å²) >= 11 is 5.78. The van der Waals surface area contributed by atoms with Crippen LogP contribution in [0.5, 0.6) is 11.5 Å². The van der Waals surface area contributed by atoms with Gasteiger partial charge in [0.1, 0.15) is 31.0 Å². The van der Waals surface area contributed by atoms with Crippen molar-refractivity contribution in [2.45, 2.75) is 32.5 Å². The van der Waals surface area contributed by atoms with Crippen LogP contribution >= 0.6 is 19.2 Å². The molecular weight excluding hydrogens is 472 g/mol. The van der Waals surface area contributed by atoms with E-state index in [1.165, 1.54) is 0 Å². The highest BCUT2D eigenvalue weighted by Crippen LogP contribution is 2.45. The third kappa shape index (κ3) is 8.09. The van der Waals surface area contributed by atoms with Crippen molar-refractivity contribution in [3.8, 4) is 11.5 Å². The molecule has 12 heteroatoms. The second kappa shape index (κ2) is 11.1. The van der Waals surface area contributed by atoms with Crippen molar-refractivity contribution >= 4 is 30.6 Å². The van der Waals surface area contributed by atoms with Crippen molar-refractivity contribution in [1.29, 1.82) is 0 Å². The van der Waals surface area contributed by atoms with Crippen LogP contribution in [0.15, 0.2) is 36.4 Å². The van der Waals surface area contributed by atoms with Crippen LogP contribution in [0.25, 0.3) is 0 Å². The van der Waals surface area contributed by atoms with Crippen molar-refractivity contribution in [3.05, 3.63) is 47.0 Å². The predicted octanol–water partition coefficient (Wildman–Crippen LogP) is 5.77. The van der Waals surface area contributed by atoms with Crippen molar-refractivity contribution in [1.82, 2.24) is 0 Å². The number of halogens is 4. The number of hydrogen-bond donors (Lipinski definition) is 3. The molecule has 0 aliphatic carbocycles. The number of anilines is 2. The lowest BCUT2D eigenvalue weighted by Crippen LogP contribution is -2.15. The topological polar surface area (TPSA) is 103 Å². The van der Waals surface area contributed by atoms with Gasteiger partial charge in [-0.25, -0.2) is 0 Å². The molecule has 0 saturated heterocycles. The number of nitrogens with one attached hydrogen (secondary N) is 1. The number of hydrogen-bond acceptors (Lipinski definition) is 6. The number of ether oxygens (including phenoxy) is 2. The molecule has 7 nitrogen and oxygen atoms in total. The smallest absolute Gasteiger partial charge is 0.420 e. The second-order valence-corrected chi connectivity index (χ2v) is 9.12. The molecule has 0 saturated carbocycles. The van der Waals surface area contributed by atoms with Gasteiger partial charge in [-0.2, -0.15) is 13.2 Å². The summed E-state index contributed by atoms with van der Waals surface area (Å²) in [6.45, 7) is 3.20. The van der Waals surface area contributed by atoms with E-state index >= 15 is 0 Å². The van der Waals surface area contributed by atoms with Gasteiger partial charge in [0, 0.05) is 11.1 Å². The maximum Gasteiger partial charge on any atom is 0.420 e. The van der Waals surface area contributed by atoms with Crippen LogP contribution in [0.3, 0.4) is 0 Å². The largest absolute Gasteiger partial charge is 0.490 e. The van der Waals surface area contributed by atoms with E-state index < -0.39 is 37.5 Å². The van der Waals surface area contributed by atoms with Gasteiger partial charge in [-0.1, -0.05) is 18.5 Å². The van der Waals surface area contributed by atoms with Gasteiger partial charge in [0.05, 0.1) is 23.0 Å². The minimum Gasteiger partial charge on any atom is -0.490 e. The first-order valence-electron chi connectivity index (χ1n) is 9.67. The van der Waals surface area contributed by atoms with Crippen molar-refractivity contribution < 1.29 is 36.6 Å². The summed E-state index contributed by atoms with van der Waals surface area (Å²) in [5.41, 5.74) is 4.40. The summed E-state index contributed by atoms with van der Waals surface area (Å²) in [6, 6.07) is 8.19. The maximum absolute atomic E-state index is 13.4. The van der Waals surface area contributed by atoms with Crippen molar-refractivity contribution in [3.63, 3.8) is 0 Å². The van der Waals surface area contributed by atoms with E-state index in [0.717, 1.165) is 6.07 Å². The fourth-order valence-corrected chi connectivity index (χ4v) is 3.79. The molecule has 0 amide bonds. The molecule has 4 N–H and O–H groups in total. The Kier molecular flexibility index (Phi) is 9.09. The first-order valence-corrected chi connectivity index (χ1v) is 11.8. The van der Waals surface area contributed by atoms with E-state index in [9.17, 15) is 22.6 Å². The zero-order valence-electron chi connectivity index (χ0n) is 17.5.